The first-order chi connectivity index (χ1) is 9.46. The number of carbonyl (C=O) groups excluding carboxylic acids is 1. The third kappa shape index (κ3) is 3.13. The lowest BCUT2D eigenvalue weighted by molar-refractivity contribution is -0.123. The van der Waals surface area contributed by atoms with E-state index in [1.54, 1.807) is 0 Å². The topological polar surface area (TPSA) is 55.1 Å². The number of fused-ring (bicyclic) bond motifs is 2. The first-order valence-electron chi connectivity index (χ1n) is 8.51. The first-order valence-corrected chi connectivity index (χ1v) is 8.51. The van der Waals surface area contributed by atoms with Crippen molar-refractivity contribution in [3.05, 3.63) is 0 Å². The summed E-state index contributed by atoms with van der Waals surface area (Å²) in [5, 5.41) is 3.30. The predicted octanol–water partition coefficient (Wildman–Crippen LogP) is 3.47. The van der Waals surface area contributed by atoms with Gasteiger partial charge in [-0.15, -0.1) is 0 Å². The van der Waals surface area contributed by atoms with Crippen LogP contribution in [-0.4, -0.2) is 18.0 Å². The average Bonchev–Trinajstić information content (AvgIpc) is 2.58. The van der Waals surface area contributed by atoms with Crippen molar-refractivity contribution >= 4 is 5.91 Å². The van der Waals surface area contributed by atoms with E-state index in [1.165, 1.54) is 12.8 Å². The lowest BCUT2D eigenvalue weighted by Gasteiger charge is -2.39. The average molecular weight is 294 g/mol. The van der Waals surface area contributed by atoms with Crippen molar-refractivity contribution < 1.29 is 4.79 Å². The van der Waals surface area contributed by atoms with E-state index < -0.39 is 0 Å². The summed E-state index contributed by atoms with van der Waals surface area (Å²) in [5.41, 5.74) is 6.91. The molecule has 0 aromatic heterocycles. The Morgan fingerprint density at radius 2 is 1.95 bits per heavy atom. The third-order valence-corrected chi connectivity index (χ3v) is 6.45. The Morgan fingerprint density at radius 1 is 1.33 bits per heavy atom. The van der Waals surface area contributed by atoms with Gasteiger partial charge in [-0.2, -0.15) is 0 Å². The molecule has 3 heteroatoms. The molecule has 0 saturated heterocycles. The standard InChI is InChI=1S/C18H34N2O/c1-16(2,3)11-13(19)10-15(21)20-14-9-12-7-8-18(14,6)17(12,4)5/h12-14H,7-11,19H2,1-6H3,(H,20,21). The summed E-state index contributed by atoms with van der Waals surface area (Å²) in [6.45, 7) is 13.6. The second-order valence-electron chi connectivity index (χ2n) is 9.46. The highest BCUT2D eigenvalue weighted by molar-refractivity contribution is 5.77. The fourth-order valence-electron chi connectivity index (χ4n) is 4.77. The minimum absolute atomic E-state index is 0.0376. The number of amides is 1. The maximum Gasteiger partial charge on any atom is 0.221 e. The zero-order valence-electron chi connectivity index (χ0n) is 14.8. The van der Waals surface area contributed by atoms with Crippen molar-refractivity contribution in [3.63, 3.8) is 0 Å². The van der Waals surface area contributed by atoms with E-state index in [2.05, 4.69) is 46.9 Å². The number of hydrogen-bond acceptors (Lipinski definition) is 2. The van der Waals surface area contributed by atoms with Crippen LogP contribution in [0.1, 0.15) is 73.6 Å². The van der Waals surface area contributed by atoms with Crippen LogP contribution >= 0.6 is 0 Å². The van der Waals surface area contributed by atoms with Crippen LogP contribution in [0, 0.1) is 22.2 Å². The van der Waals surface area contributed by atoms with Gasteiger partial charge in [-0.25, -0.2) is 0 Å². The van der Waals surface area contributed by atoms with Crippen molar-refractivity contribution in [2.75, 3.05) is 0 Å². The SMILES string of the molecule is CC(C)(C)CC(N)CC(=O)NC1CC2CCC1(C)C2(C)C. The number of carbonyl (C=O) groups is 1. The minimum Gasteiger partial charge on any atom is -0.353 e. The monoisotopic (exact) mass is 294 g/mol. The molecule has 2 saturated carbocycles. The van der Waals surface area contributed by atoms with Crippen LogP contribution in [0.25, 0.3) is 0 Å². The lowest BCUT2D eigenvalue weighted by atomic mass is 9.69. The molecular formula is C18H34N2O. The summed E-state index contributed by atoms with van der Waals surface area (Å²) in [6, 6.07) is 0.296. The third-order valence-electron chi connectivity index (χ3n) is 6.45. The molecule has 122 valence electrons. The van der Waals surface area contributed by atoms with Gasteiger partial charge >= 0.3 is 0 Å². The number of nitrogens with one attached hydrogen (secondary N) is 1. The van der Waals surface area contributed by atoms with Gasteiger partial charge < -0.3 is 11.1 Å². The maximum absolute atomic E-state index is 12.3. The highest BCUT2D eigenvalue weighted by Crippen LogP contribution is 2.65. The molecule has 21 heavy (non-hydrogen) atoms. The van der Waals surface area contributed by atoms with E-state index in [1.807, 2.05) is 0 Å². The van der Waals surface area contributed by atoms with Crippen LogP contribution in [-0.2, 0) is 4.79 Å². The molecule has 2 rings (SSSR count). The molecule has 0 heterocycles. The summed E-state index contributed by atoms with van der Waals surface area (Å²) in [5.74, 6) is 0.900. The van der Waals surface area contributed by atoms with Gasteiger partial charge in [-0.3, -0.25) is 4.79 Å². The van der Waals surface area contributed by atoms with Gasteiger partial charge in [0.1, 0.15) is 0 Å². The van der Waals surface area contributed by atoms with Crippen LogP contribution in [0.4, 0.5) is 0 Å². The van der Waals surface area contributed by atoms with E-state index >= 15 is 0 Å². The number of hydrogen-bond donors (Lipinski definition) is 2. The molecule has 0 aromatic carbocycles. The molecule has 0 radical (unpaired) electrons. The molecule has 3 N–H and O–H groups in total. The highest BCUT2D eigenvalue weighted by Gasteiger charge is 2.61. The Bertz CT molecular complexity index is 410. The molecule has 2 fully saturated rings. The molecule has 0 spiro atoms. The van der Waals surface area contributed by atoms with E-state index in [-0.39, 0.29) is 22.8 Å². The van der Waals surface area contributed by atoms with E-state index in [0.717, 1.165) is 18.8 Å². The molecule has 2 aliphatic rings. The molecule has 0 aromatic rings. The quantitative estimate of drug-likeness (QED) is 0.834. The molecule has 2 bridgehead atoms. The largest absolute Gasteiger partial charge is 0.353 e. The number of nitrogens with two attached hydrogens (primary N) is 1. The van der Waals surface area contributed by atoms with Gasteiger partial charge in [0.2, 0.25) is 5.91 Å². The fourth-order valence-corrected chi connectivity index (χ4v) is 4.77. The van der Waals surface area contributed by atoms with E-state index in [9.17, 15) is 4.79 Å². The molecule has 0 aliphatic heterocycles. The van der Waals surface area contributed by atoms with Crippen LogP contribution in [0.3, 0.4) is 0 Å². The van der Waals surface area contributed by atoms with Gasteiger partial charge in [0.15, 0.2) is 0 Å². The van der Waals surface area contributed by atoms with E-state index in [4.69, 9.17) is 5.73 Å². The van der Waals surface area contributed by atoms with Crippen LogP contribution in [0.2, 0.25) is 0 Å². The lowest BCUT2D eigenvalue weighted by Crippen LogP contribution is -2.48. The molecular weight excluding hydrogens is 260 g/mol. The first kappa shape index (κ1) is 16.8. The zero-order valence-corrected chi connectivity index (χ0v) is 14.8. The molecule has 4 unspecified atom stereocenters. The Kier molecular flexibility index (Phi) is 4.20. The second kappa shape index (κ2) is 5.26. The molecule has 3 nitrogen and oxygen atoms in total. The molecule has 2 aliphatic carbocycles. The van der Waals surface area contributed by atoms with Crippen LogP contribution in [0.5, 0.6) is 0 Å². The summed E-state index contributed by atoms with van der Waals surface area (Å²) < 4.78 is 0. The van der Waals surface area contributed by atoms with Crippen molar-refractivity contribution in [2.24, 2.45) is 27.9 Å². The van der Waals surface area contributed by atoms with Gasteiger partial charge in [0.05, 0.1) is 0 Å². The van der Waals surface area contributed by atoms with Crippen molar-refractivity contribution in [3.8, 4) is 0 Å². The van der Waals surface area contributed by atoms with Gasteiger partial charge in [-0.05, 0) is 47.8 Å². The molecule has 4 atom stereocenters. The second-order valence-corrected chi connectivity index (χ2v) is 9.46. The van der Waals surface area contributed by atoms with Crippen LogP contribution in [0.15, 0.2) is 0 Å². The predicted molar refractivity (Wildman–Crippen MR) is 87.8 cm³/mol. The Labute approximate surface area is 130 Å². The van der Waals surface area contributed by atoms with Gasteiger partial charge in [0.25, 0.3) is 0 Å². The molecule has 1 amide bonds. The van der Waals surface area contributed by atoms with Gasteiger partial charge in [-0.1, -0.05) is 41.5 Å². The Balaban J connectivity index is 1.90. The van der Waals surface area contributed by atoms with Crippen molar-refractivity contribution in [1.29, 1.82) is 0 Å². The van der Waals surface area contributed by atoms with Crippen LogP contribution < -0.4 is 11.1 Å². The Morgan fingerprint density at radius 3 is 2.38 bits per heavy atom. The smallest absolute Gasteiger partial charge is 0.221 e. The summed E-state index contributed by atoms with van der Waals surface area (Å²) in [7, 11) is 0. The minimum atomic E-state index is -0.0376. The number of rotatable bonds is 4. The van der Waals surface area contributed by atoms with Gasteiger partial charge in [0, 0.05) is 18.5 Å². The summed E-state index contributed by atoms with van der Waals surface area (Å²) in [4.78, 5) is 12.3. The fraction of sp³-hybridized carbons (Fsp3) is 0.944. The maximum atomic E-state index is 12.3. The Hall–Kier alpha value is -0.570. The van der Waals surface area contributed by atoms with Crippen molar-refractivity contribution in [1.82, 2.24) is 5.32 Å². The normalized spacial score (nSPS) is 35.8. The summed E-state index contributed by atoms with van der Waals surface area (Å²) in [6.07, 6.45) is 5.04. The summed E-state index contributed by atoms with van der Waals surface area (Å²) >= 11 is 0. The zero-order chi connectivity index (χ0) is 16.1. The highest BCUT2D eigenvalue weighted by atomic mass is 16.1. The van der Waals surface area contributed by atoms with E-state index in [0.29, 0.717) is 17.9 Å². The van der Waals surface area contributed by atoms with Crippen molar-refractivity contribution in [2.45, 2.75) is 85.7 Å².